The van der Waals surface area contributed by atoms with Crippen LogP contribution in [0.4, 0.5) is 11.4 Å². The fourth-order valence-electron chi connectivity index (χ4n) is 2.08. The molecule has 2 aromatic rings. The summed E-state index contributed by atoms with van der Waals surface area (Å²) in [7, 11) is 0. The molecule has 128 valence electrons. The van der Waals surface area contributed by atoms with Crippen molar-refractivity contribution < 1.29 is 9.59 Å². The molecule has 2 amide bonds. The Bertz CT molecular complexity index is 869. The van der Waals surface area contributed by atoms with Crippen LogP contribution in [0.1, 0.15) is 25.0 Å². The summed E-state index contributed by atoms with van der Waals surface area (Å²) in [5.41, 5.74) is 0.740. The molecule has 2 rings (SSSR count). The van der Waals surface area contributed by atoms with Gasteiger partial charge in [-0.25, -0.2) is 0 Å². The van der Waals surface area contributed by atoms with Gasteiger partial charge in [-0.05, 0) is 50.6 Å². The second-order valence-electron chi connectivity index (χ2n) is 6.15. The molecule has 6 heteroatoms. The summed E-state index contributed by atoms with van der Waals surface area (Å²) in [6, 6.07) is 13.8. The number of hydrogen-bond donors (Lipinski definition) is 2. The molecular formula is C19H18ClN3O2. The number of amides is 2. The van der Waals surface area contributed by atoms with Crippen molar-refractivity contribution in [3.05, 3.63) is 58.6 Å². The van der Waals surface area contributed by atoms with Crippen LogP contribution in [-0.4, -0.2) is 11.8 Å². The zero-order valence-electron chi connectivity index (χ0n) is 14.2. The number of carbonyl (C=O) groups excluding carboxylic acids is 2. The average molecular weight is 356 g/mol. The summed E-state index contributed by atoms with van der Waals surface area (Å²) in [5.74, 6) is -0.975. The van der Waals surface area contributed by atoms with Crippen LogP contribution in [0, 0.1) is 23.7 Å². The van der Waals surface area contributed by atoms with E-state index in [-0.39, 0.29) is 0 Å². The van der Waals surface area contributed by atoms with Gasteiger partial charge >= 0.3 is 0 Å². The highest BCUT2D eigenvalue weighted by Crippen LogP contribution is 2.25. The van der Waals surface area contributed by atoms with E-state index in [9.17, 15) is 9.59 Å². The highest BCUT2D eigenvalue weighted by molar-refractivity contribution is 6.31. The van der Waals surface area contributed by atoms with Gasteiger partial charge in [0.25, 0.3) is 0 Å². The van der Waals surface area contributed by atoms with E-state index in [0.29, 0.717) is 22.0 Å². The van der Waals surface area contributed by atoms with E-state index in [1.807, 2.05) is 13.0 Å². The number of nitrogens with one attached hydrogen (secondary N) is 2. The van der Waals surface area contributed by atoms with Crippen molar-refractivity contribution in [2.24, 2.45) is 5.41 Å². The van der Waals surface area contributed by atoms with Gasteiger partial charge in [-0.1, -0.05) is 29.8 Å². The Labute approximate surface area is 151 Å². The minimum absolute atomic E-state index is 0.331. The molecule has 0 bridgehead atoms. The van der Waals surface area contributed by atoms with Crippen LogP contribution in [0.25, 0.3) is 0 Å². The van der Waals surface area contributed by atoms with E-state index >= 15 is 0 Å². The summed E-state index contributed by atoms with van der Waals surface area (Å²) < 4.78 is 0. The van der Waals surface area contributed by atoms with Crippen molar-refractivity contribution in [1.82, 2.24) is 0 Å². The molecule has 0 saturated carbocycles. The summed E-state index contributed by atoms with van der Waals surface area (Å²) in [6.07, 6.45) is 0. The predicted molar refractivity (Wildman–Crippen MR) is 98.4 cm³/mol. The molecule has 0 spiro atoms. The number of halogens is 1. The Morgan fingerprint density at radius 1 is 1.04 bits per heavy atom. The number of aryl methyl sites for hydroxylation is 1. The molecule has 0 fully saturated rings. The fourth-order valence-corrected chi connectivity index (χ4v) is 2.25. The highest BCUT2D eigenvalue weighted by Gasteiger charge is 2.36. The normalized spacial score (nSPS) is 10.7. The highest BCUT2D eigenvalue weighted by atomic mass is 35.5. The minimum atomic E-state index is -1.35. The lowest BCUT2D eigenvalue weighted by Gasteiger charge is -2.23. The summed E-state index contributed by atoms with van der Waals surface area (Å²) in [5, 5.41) is 15.0. The number of anilines is 2. The second-order valence-corrected chi connectivity index (χ2v) is 6.59. The molecule has 0 unspecified atom stereocenters. The maximum Gasteiger partial charge on any atom is 0.239 e. The van der Waals surface area contributed by atoms with Gasteiger partial charge in [0.1, 0.15) is 11.5 Å². The van der Waals surface area contributed by atoms with E-state index < -0.39 is 17.2 Å². The third-order valence-corrected chi connectivity index (χ3v) is 4.11. The van der Waals surface area contributed by atoms with Crippen LogP contribution in [0.15, 0.2) is 42.5 Å². The van der Waals surface area contributed by atoms with E-state index in [1.165, 1.54) is 13.8 Å². The maximum absolute atomic E-state index is 12.6. The van der Waals surface area contributed by atoms with Gasteiger partial charge in [0.05, 0.1) is 11.3 Å². The SMILES string of the molecule is Cc1ccc(Cl)cc1NC(=O)C(C)(C)C(=O)Nc1ccccc1C#N. The molecule has 0 saturated heterocycles. The quantitative estimate of drug-likeness (QED) is 0.809. The van der Waals surface area contributed by atoms with Gasteiger partial charge in [-0.3, -0.25) is 9.59 Å². The lowest BCUT2D eigenvalue weighted by molar-refractivity contribution is -0.135. The van der Waals surface area contributed by atoms with Gasteiger partial charge in [0.2, 0.25) is 11.8 Å². The number of benzene rings is 2. The molecular weight excluding hydrogens is 338 g/mol. The molecule has 0 heterocycles. The molecule has 25 heavy (non-hydrogen) atoms. The molecule has 0 radical (unpaired) electrons. The molecule has 0 atom stereocenters. The third-order valence-electron chi connectivity index (χ3n) is 3.88. The second kappa shape index (κ2) is 7.37. The van der Waals surface area contributed by atoms with Crippen molar-refractivity contribution >= 4 is 34.8 Å². The molecule has 5 nitrogen and oxygen atoms in total. The molecule has 0 aliphatic heterocycles. The van der Waals surface area contributed by atoms with E-state index in [1.54, 1.807) is 42.5 Å². The zero-order valence-corrected chi connectivity index (χ0v) is 14.9. The molecule has 2 aromatic carbocycles. The van der Waals surface area contributed by atoms with Crippen molar-refractivity contribution in [3.8, 4) is 6.07 Å². The monoisotopic (exact) mass is 355 g/mol. The van der Waals surface area contributed by atoms with Crippen LogP contribution in [-0.2, 0) is 9.59 Å². The Balaban J connectivity index is 2.19. The van der Waals surface area contributed by atoms with Crippen LogP contribution in [0.3, 0.4) is 0 Å². The van der Waals surface area contributed by atoms with Crippen LogP contribution in [0.5, 0.6) is 0 Å². The molecule has 0 aromatic heterocycles. The standard InChI is InChI=1S/C19H18ClN3O2/c1-12-8-9-14(20)10-16(12)23-18(25)19(2,3)17(24)22-15-7-5-4-6-13(15)11-21/h4-10H,1-3H3,(H,22,24)(H,23,25). The maximum atomic E-state index is 12.6. The van der Waals surface area contributed by atoms with Crippen LogP contribution in [0.2, 0.25) is 5.02 Å². The number of nitriles is 1. The summed E-state index contributed by atoms with van der Waals surface area (Å²) in [4.78, 5) is 25.2. The largest absolute Gasteiger partial charge is 0.325 e. The first-order chi connectivity index (χ1) is 11.8. The van der Waals surface area contributed by atoms with Gasteiger partial charge in [0.15, 0.2) is 0 Å². The van der Waals surface area contributed by atoms with Crippen molar-refractivity contribution in [1.29, 1.82) is 5.26 Å². The Hall–Kier alpha value is -2.84. The third kappa shape index (κ3) is 4.17. The fraction of sp³-hybridized carbons (Fsp3) is 0.211. The van der Waals surface area contributed by atoms with Gasteiger partial charge in [-0.2, -0.15) is 5.26 Å². The first-order valence-electron chi connectivity index (χ1n) is 7.64. The number of para-hydroxylation sites is 1. The smallest absolute Gasteiger partial charge is 0.239 e. The number of carbonyl (C=O) groups is 2. The Morgan fingerprint density at radius 2 is 1.64 bits per heavy atom. The van der Waals surface area contributed by atoms with Crippen LogP contribution >= 0.6 is 11.6 Å². The van der Waals surface area contributed by atoms with Crippen LogP contribution < -0.4 is 10.6 Å². The number of hydrogen-bond acceptors (Lipinski definition) is 3. The van der Waals surface area contributed by atoms with Gasteiger partial charge < -0.3 is 10.6 Å². The zero-order chi connectivity index (χ0) is 18.6. The average Bonchev–Trinajstić information content (AvgIpc) is 2.58. The molecule has 0 aliphatic carbocycles. The summed E-state index contributed by atoms with van der Waals surface area (Å²) >= 11 is 5.96. The number of nitrogens with zero attached hydrogens (tertiary/aromatic N) is 1. The predicted octanol–water partition coefficient (Wildman–Crippen LogP) is 4.12. The lowest BCUT2D eigenvalue weighted by Crippen LogP contribution is -2.41. The van der Waals surface area contributed by atoms with E-state index in [0.717, 1.165) is 5.56 Å². The molecule has 0 aliphatic rings. The summed E-state index contributed by atoms with van der Waals surface area (Å²) in [6.45, 7) is 4.88. The topological polar surface area (TPSA) is 82.0 Å². The van der Waals surface area contributed by atoms with E-state index in [4.69, 9.17) is 16.9 Å². The van der Waals surface area contributed by atoms with Gasteiger partial charge in [-0.15, -0.1) is 0 Å². The van der Waals surface area contributed by atoms with Crippen molar-refractivity contribution in [2.75, 3.05) is 10.6 Å². The lowest BCUT2D eigenvalue weighted by atomic mass is 9.90. The van der Waals surface area contributed by atoms with Gasteiger partial charge in [0, 0.05) is 10.7 Å². The first kappa shape index (κ1) is 18.5. The number of rotatable bonds is 4. The Kier molecular flexibility index (Phi) is 5.45. The molecule has 2 N–H and O–H groups in total. The first-order valence-corrected chi connectivity index (χ1v) is 8.01. The van der Waals surface area contributed by atoms with Crippen molar-refractivity contribution in [3.63, 3.8) is 0 Å². The Morgan fingerprint density at radius 3 is 2.28 bits per heavy atom. The van der Waals surface area contributed by atoms with Crippen molar-refractivity contribution in [2.45, 2.75) is 20.8 Å². The van der Waals surface area contributed by atoms with E-state index in [2.05, 4.69) is 10.6 Å². The minimum Gasteiger partial charge on any atom is -0.325 e.